The Hall–Kier alpha value is -0.530. The number of piperidine rings is 1. The lowest BCUT2D eigenvalue weighted by atomic mass is 9.98. The highest BCUT2D eigenvalue weighted by atomic mass is 15.2. The molecule has 14 heavy (non-hydrogen) atoms. The van der Waals surface area contributed by atoms with Crippen molar-refractivity contribution in [1.29, 1.82) is 5.41 Å². The lowest BCUT2D eigenvalue weighted by Crippen LogP contribution is -2.39. The summed E-state index contributed by atoms with van der Waals surface area (Å²) in [6.07, 6.45) is 9.04. The molecule has 80 valence electrons. The summed E-state index contributed by atoms with van der Waals surface area (Å²) in [4.78, 5) is 2.34. The van der Waals surface area contributed by atoms with Crippen molar-refractivity contribution in [2.75, 3.05) is 13.1 Å². The third-order valence-corrected chi connectivity index (χ3v) is 3.74. The minimum Gasteiger partial charge on any atom is -0.360 e. The first-order valence-electron chi connectivity index (χ1n) is 6.08. The minimum absolute atomic E-state index is 0.623. The van der Waals surface area contributed by atoms with E-state index in [1.54, 1.807) is 0 Å². The van der Waals surface area contributed by atoms with Crippen molar-refractivity contribution in [1.82, 2.24) is 4.90 Å². The second kappa shape index (κ2) is 3.92. The fourth-order valence-corrected chi connectivity index (χ4v) is 2.66. The van der Waals surface area contributed by atoms with Crippen molar-refractivity contribution in [2.45, 2.75) is 51.9 Å². The minimum atomic E-state index is 0.623. The molecule has 1 saturated carbocycles. The Morgan fingerprint density at radius 2 is 2.14 bits per heavy atom. The summed E-state index contributed by atoms with van der Waals surface area (Å²) in [7, 11) is 0. The van der Waals surface area contributed by atoms with E-state index in [0.29, 0.717) is 5.41 Å². The number of rotatable bonds is 4. The quantitative estimate of drug-likeness (QED) is 0.731. The first-order valence-corrected chi connectivity index (χ1v) is 6.08. The molecule has 1 heterocycles. The molecule has 0 aromatic rings. The van der Waals surface area contributed by atoms with Crippen molar-refractivity contribution in [3.63, 3.8) is 0 Å². The average molecular weight is 194 g/mol. The van der Waals surface area contributed by atoms with Crippen molar-refractivity contribution in [2.24, 2.45) is 5.41 Å². The van der Waals surface area contributed by atoms with Crippen LogP contribution in [0.4, 0.5) is 0 Å². The molecule has 2 rings (SSSR count). The first kappa shape index (κ1) is 10.0. The van der Waals surface area contributed by atoms with E-state index in [1.165, 1.54) is 45.1 Å². The van der Waals surface area contributed by atoms with Gasteiger partial charge >= 0.3 is 0 Å². The molecular formula is C12H22N2. The van der Waals surface area contributed by atoms with Crippen molar-refractivity contribution in [3.8, 4) is 0 Å². The van der Waals surface area contributed by atoms with Gasteiger partial charge in [-0.25, -0.2) is 0 Å². The molecule has 1 saturated heterocycles. The number of hydrogen-bond donors (Lipinski definition) is 1. The van der Waals surface area contributed by atoms with Crippen LogP contribution in [0.25, 0.3) is 0 Å². The molecule has 0 spiro atoms. The molecule has 0 radical (unpaired) electrons. The molecule has 2 aliphatic rings. The number of hydrogen-bond acceptors (Lipinski definition) is 1. The molecule has 1 aliphatic carbocycles. The van der Waals surface area contributed by atoms with Crippen LogP contribution in [-0.2, 0) is 0 Å². The zero-order chi connectivity index (χ0) is 10.0. The molecule has 0 bridgehead atoms. The Balaban J connectivity index is 1.86. The van der Waals surface area contributed by atoms with E-state index >= 15 is 0 Å². The van der Waals surface area contributed by atoms with Crippen molar-refractivity contribution < 1.29 is 0 Å². The molecular weight excluding hydrogens is 172 g/mol. The van der Waals surface area contributed by atoms with E-state index in [-0.39, 0.29) is 0 Å². The Morgan fingerprint density at radius 3 is 2.71 bits per heavy atom. The molecule has 2 heteroatoms. The molecule has 0 amide bonds. The summed E-state index contributed by atoms with van der Waals surface area (Å²) in [5, 5.41) is 7.91. The van der Waals surface area contributed by atoms with Crippen LogP contribution in [0.15, 0.2) is 0 Å². The van der Waals surface area contributed by atoms with Crippen LogP contribution < -0.4 is 0 Å². The number of amidine groups is 1. The number of nitrogens with one attached hydrogen (secondary N) is 1. The fraction of sp³-hybridized carbons (Fsp3) is 0.917. The van der Waals surface area contributed by atoms with Gasteiger partial charge in [-0.1, -0.05) is 13.3 Å². The highest BCUT2D eigenvalue weighted by Gasteiger charge is 2.43. The van der Waals surface area contributed by atoms with Crippen LogP contribution in [-0.4, -0.2) is 23.8 Å². The fourth-order valence-electron chi connectivity index (χ4n) is 2.66. The highest BCUT2D eigenvalue weighted by Crippen LogP contribution is 2.50. The van der Waals surface area contributed by atoms with E-state index < -0.39 is 0 Å². The monoisotopic (exact) mass is 194 g/mol. The largest absolute Gasteiger partial charge is 0.360 e. The molecule has 1 N–H and O–H groups in total. The molecule has 1 aliphatic heterocycles. The lowest BCUT2D eigenvalue weighted by molar-refractivity contribution is 0.281. The van der Waals surface area contributed by atoms with Gasteiger partial charge in [-0.15, -0.1) is 0 Å². The highest BCUT2D eigenvalue weighted by molar-refractivity contribution is 5.79. The van der Waals surface area contributed by atoms with E-state index in [0.717, 1.165) is 18.8 Å². The summed E-state index contributed by atoms with van der Waals surface area (Å²) in [5.74, 6) is 0.902. The average Bonchev–Trinajstić information content (AvgIpc) is 2.90. The third kappa shape index (κ3) is 2.10. The molecule has 0 atom stereocenters. The molecule has 0 aromatic carbocycles. The zero-order valence-corrected chi connectivity index (χ0v) is 9.31. The summed E-state index contributed by atoms with van der Waals surface area (Å²) in [5.41, 5.74) is 0.623. The summed E-state index contributed by atoms with van der Waals surface area (Å²) in [6.45, 7) is 4.60. The second-order valence-corrected chi connectivity index (χ2v) is 5.08. The van der Waals surface area contributed by atoms with Gasteiger partial charge in [-0.05, 0) is 37.5 Å². The van der Waals surface area contributed by atoms with Gasteiger partial charge in [0.05, 0.1) is 5.84 Å². The second-order valence-electron chi connectivity index (χ2n) is 5.08. The maximum absolute atomic E-state index is 7.91. The van der Waals surface area contributed by atoms with Gasteiger partial charge in [0.25, 0.3) is 0 Å². The van der Waals surface area contributed by atoms with Crippen molar-refractivity contribution in [3.05, 3.63) is 0 Å². The van der Waals surface area contributed by atoms with Crippen LogP contribution in [0.5, 0.6) is 0 Å². The first-order chi connectivity index (χ1) is 6.76. The van der Waals surface area contributed by atoms with Gasteiger partial charge in [0.2, 0.25) is 0 Å². The van der Waals surface area contributed by atoms with Gasteiger partial charge in [-0.3, -0.25) is 5.41 Å². The maximum atomic E-state index is 7.91. The van der Waals surface area contributed by atoms with Gasteiger partial charge in [0.15, 0.2) is 0 Å². The van der Waals surface area contributed by atoms with Gasteiger partial charge in [0, 0.05) is 19.5 Å². The van der Waals surface area contributed by atoms with Crippen LogP contribution >= 0.6 is 0 Å². The molecule has 0 aromatic heterocycles. The summed E-state index contributed by atoms with van der Waals surface area (Å²) >= 11 is 0. The standard InChI is InChI=1S/C12H22N2/c1-2-6-12(7-8-12)10-14-9-4-3-5-11(14)13/h13H,2-10H2,1H3. The molecule has 2 fully saturated rings. The zero-order valence-electron chi connectivity index (χ0n) is 9.31. The van der Waals surface area contributed by atoms with E-state index in [1.807, 2.05) is 0 Å². The normalized spacial score (nSPS) is 25.2. The Morgan fingerprint density at radius 1 is 1.36 bits per heavy atom. The predicted octanol–water partition coefficient (Wildman–Crippen LogP) is 3.03. The smallest absolute Gasteiger partial charge is 0.0957 e. The summed E-state index contributed by atoms with van der Waals surface area (Å²) < 4.78 is 0. The SMILES string of the molecule is CCCC1(CN2CCCCC2=N)CC1. The van der Waals surface area contributed by atoms with Gasteiger partial charge in [0.1, 0.15) is 0 Å². The molecule has 0 unspecified atom stereocenters. The maximum Gasteiger partial charge on any atom is 0.0957 e. The Labute approximate surface area is 87.2 Å². The third-order valence-electron chi connectivity index (χ3n) is 3.74. The van der Waals surface area contributed by atoms with Gasteiger partial charge in [-0.2, -0.15) is 0 Å². The number of nitrogens with zero attached hydrogens (tertiary/aromatic N) is 1. The predicted molar refractivity (Wildman–Crippen MR) is 59.7 cm³/mol. The summed E-state index contributed by atoms with van der Waals surface area (Å²) in [6, 6.07) is 0. The number of likely N-dealkylation sites (tertiary alicyclic amines) is 1. The van der Waals surface area contributed by atoms with Crippen LogP contribution in [0, 0.1) is 10.8 Å². The van der Waals surface area contributed by atoms with E-state index in [2.05, 4.69) is 11.8 Å². The van der Waals surface area contributed by atoms with Crippen LogP contribution in [0.3, 0.4) is 0 Å². The lowest BCUT2D eigenvalue weighted by Gasteiger charge is -2.32. The molecule has 2 nitrogen and oxygen atoms in total. The van der Waals surface area contributed by atoms with Crippen LogP contribution in [0.1, 0.15) is 51.9 Å². The topological polar surface area (TPSA) is 27.1 Å². The van der Waals surface area contributed by atoms with E-state index in [4.69, 9.17) is 5.41 Å². The van der Waals surface area contributed by atoms with Gasteiger partial charge < -0.3 is 4.90 Å². The van der Waals surface area contributed by atoms with E-state index in [9.17, 15) is 0 Å². The Bertz CT molecular complexity index is 218. The van der Waals surface area contributed by atoms with Crippen LogP contribution in [0.2, 0.25) is 0 Å². The Kier molecular flexibility index (Phi) is 2.80. The van der Waals surface area contributed by atoms with Crippen molar-refractivity contribution >= 4 is 5.84 Å².